The van der Waals surface area contributed by atoms with Gasteiger partial charge in [0.05, 0.1) is 5.52 Å². The van der Waals surface area contributed by atoms with Crippen molar-refractivity contribution < 1.29 is 4.92 Å². The third kappa shape index (κ3) is 1.78. The summed E-state index contributed by atoms with van der Waals surface area (Å²) in [7, 11) is 0. The van der Waals surface area contributed by atoms with E-state index in [1.807, 2.05) is 24.3 Å². The fourth-order valence-corrected chi connectivity index (χ4v) is 1.51. The predicted octanol–water partition coefficient (Wildman–Crippen LogP) is 1.27. The first-order valence-corrected chi connectivity index (χ1v) is 4.60. The molecule has 78 valence electrons. The van der Waals surface area contributed by atoms with Crippen molar-refractivity contribution in [2.24, 2.45) is 0 Å². The Kier molecular flexibility index (Phi) is 2.32. The summed E-state index contributed by atoms with van der Waals surface area (Å²) in [5, 5.41) is 18.2. The molecule has 2 aromatic rings. The smallest absolute Gasteiger partial charge is 0.225 e. The molecule has 0 N–H and O–H groups in total. The molecule has 0 amide bonds. The highest BCUT2D eigenvalue weighted by Crippen LogP contribution is 2.14. The first-order valence-electron chi connectivity index (χ1n) is 4.60. The summed E-state index contributed by atoms with van der Waals surface area (Å²) in [6, 6.07) is 7.12. The maximum atomic E-state index is 10.4. The molecule has 6 nitrogen and oxygen atoms in total. The van der Waals surface area contributed by atoms with Crippen molar-refractivity contribution in [2.75, 3.05) is 6.54 Å². The molecule has 0 fully saturated rings. The van der Waals surface area contributed by atoms with Gasteiger partial charge in [0.2, 0.25) is 6.54 Å². The van der Waals surface area contributed by atoms with E-state index in [0.29, 0.717) is 0 Å². The van der Waals surface area contributed by atoms with Gasteiger partial charge in [0.1, 0.15) is 11.6 Å². The molecular formula is C9H10N4O2. The predicted molar refractivity (Wildman–Crippen MR) is 54.1 cm³/mol. The van der Waals surface area contributed by atoms with Crippen LogP contribution in [-0.4, -0.2) is 26.5 Å². The van der Waals surface area contributed by atoms with E-state index in [1.54, 1.807) is 11.6 Å². The number of benzene rings is 1. The third-order valence-electron chi connectivity index (χ3n) is 2.21. The molecule has 2 rings (SSSR count). The highest BCUT2D eigenvalue weighted by molar-refractivity contribution is 5.73. The fourth-order valence-electron chi connectivity index (χ4n) is 1.51. The van der Waals surface area contributed by atoms with Gasteiger partial charge in [-0.2, -0.15) is 0 Å². The molecule has 1 unspecified atom stereocenters. The first kappa shape index (κ1) is 9.57. The Bertz CT molecular complexity index is 494. The van der Waals surface area contributed by atoms with E-state index in [4.69, 9.17) is 0 Å². The summed E-state index contributed by atoms with van der Waals surface area (Å²) in [4.78, 5) is 10.0. The maximum Gasteiger partial charge on any atom is 0.225 e. The molecule has 1 atom stereocenters. The van der Waals surface area contributed by atoms with Crippen LogP contribution in [0.15, 0.2) is 24.3 Å². The Balaban J connectivity index is 2.39. The number of aromatic nitrogens is 3. The number of nitro groups is 1. The van der Waals surface area contributed by atoms with Gasteiger partial charge in [0.25, 0.3) is 0 Å². The molecule has 0 bridgehead atoms. The van der Waals surface area contributed by atoms with E-state index in [2.05, 4.69) is 10.3 Å². The number of hydrogen-bond donors (Lipinski definition) is 0. The van der Waals surface area contributed by atoms with Crippen molar-refractivity contribution in [2.45, 2.75) is 13.0 Å². The zero-order valence-corrected chi connectivity index (χ0v) is 8.20. The van der Waals surface area contributed by atoms with Gasteiger partial charge < -0.3 is 0 Å². The number of rotatable bonds is 3. The van der Waals surface area contributed by atoms with Crippen LogP contribution >= 0.6 is 0 Å². The second kappa shape index (κ2) is 3.64. The lowest BCUT2D eigenvalue weighted by atomic mass is 10.3. The second-order valence-electron chi connectivity index (χ2n) is 3.39. The molecule has 1 aromatic carbocycles. The van der Waals surface area contributed by atoms with E-state index in [9.17, 15) is 10.1 Å². The molecule has 1 heterocycles. The van der Waals surface area contributed by atoms with E-state index in [1.165, 1.54) is 0 Å². The largest absolute Gasteiger partial charge is 0.264 e. The van der Waals surface area contributed by atoms with Gasteiger partial charge in [0, 0.05) is 4.92 Å². The number of nitrogens with zero attached hydrogens (tertiary/aromatic N) is 4. The average molecular weight is 206 g/mol. The zero-order chi connectivity index (χ0) is 10.8. The minimum atomic E-state index is -0.346. The molecule has 15 heavy (non-hydrogen) atoms. The third-order valence-corrected chi connectivity index (χ3v) is 2.21. The highest BCUT2D eigenvalue weighted by atomic mass is 16.6. The minimum absolute atomic E-state index is 0.145. The van der Waals surface area contributed by atoms with Crippen molar-refractivity contribution in [3.63, 3.8) is 0 Å². The van der Waals surface area contributed by atoms with Gasteiger partial charge in [-0.05, 0) is 19.1 Å². The van der Waals surface area contributed by atoms with E-state index in [0.717, 1.165) is 11.0 Å². The van der Waals surface area contributed by atoms with Crippen LogP contribution < -0.4 is 0 Å². The summed E-state index contributed by atoms with van der Waals surface area (Å²) in [5.41, 5.74) is 1.58. The summed E-state index contributed by atoms with van der Waals surface area (Å²) in [5.74, 6) is 0. The number of fused-ring (bicyclic) bond motifs is 1. The Labute approximate surface area is 85.7 Å². The second-order valence-corrected chi connectivity index (χ2v) is 3.39. The molecule has 0 saturated heterocycles. The Morgan fingerprint density at radius 1 is 1.53 bits per heavy atom. The molecule has 0 aliphatic rings. The van der Waals surface area contributed by atoms with Crippen molar-refractivity contribution in [1.29, 1.82) is 0 Å². The first-order chi connectivity index (χ1) is 7.18. The zero-order valence-electron chi connectivity index (χ0n) is 8.20. The van der Waals surface area contributed by atoms with Crippen LogP contribution in [0.3, 0.4) is 0 Å². The molecule has 0 spiro atoms. The molecule has 0 aliphatic heterocycles. The van der Waals surface area contributed by atoms with Crippen molar-refractivity contribution in [3.05, 3.63) is 34.4 Å². The van der Waals surface area contributed by atoms with Gasteiger partial charge in [-0.15, -0.1) is 5.10 Å². The van der Waals surface area contributed by atoms with Crippen LogP contribution in [-0.2, 0) is 0 Å². The van der Waals surface area contributed by atoms with Gasteiger partial charge in [-0.25, -0.2) is 4.68 Å². The fraction of sp³-hybridized carbons (Fsp3) is 0.333. The molecular weight excluding hydrogens is 196 g/mol. The van der Waals surface area contributed by atoms with Crippen molar-refractivity contribution in [1.82, 2.24) is 15.0 Å². The lowest BCUT2D eigenvalue weighted by molar-refractivity contribution is -0.485. The van der Waals surface area contributed by atoms with Gasteiger partial charge in [-0.3, -0.25) is 10.1 Å². The van der Waals surface area contributed by atoms with Gasteiger partial charge in [0.15, 0.2) is 0 Å². The lowest BCUT2D eigenvalue weighted by Gasteiger charge is -2.06. The Morgan fingerprint density at radius 2 is 2.27 bits per heavy atom. The summed E-state index contributed by atoms with van der Waals surface area (Å²) >= 11 is 0. The molecule has 0 radical (unpaired) electrons. The van der Waals surface area contributed by atoms with Crippen LogP contribution in [0.25, 0.3) is 11.0 Å². The monoisotopic (exact) mass is 206 g/mol. The summed E-state index contributed by atoms with van der Waals surface area (Å²) < 4.78 is 1.58. The Morgan fingerprint density at radius 3 is 3.00 bits per heavy atom. The van der Waals surface area contributed by atoms with Crippen molar-refractivity contribution >= 4 is 11.0 Å². The number of hydrogen-bond acceptors (Lipinski definition) is 4. The molecule has 0 saturated carbocycles. The average Bonchev–Trinajstić information content (AvgIpc) is 2.59. The van der Waals surface area contributed by atoms with E-state index < -0.39 is 0 Å². The summed E-state index contributed by atoms with van der Waals surface area (Å²) in [6.07, 6.45) is 0. The van der Waals surface area contributed by atoms with Crippen LogP contribution in [0.1, 0.15) is 13.0 Å². The van der Waals surface area contributed by atoms with Gasteiger partial charge >= 0.3 is 0 Å². The SMILES string of the molecule is CC(C[N+](=O)[O-])n1nnc2ccccc21. The quantitative estimate of drug-likeness (QED) is 0.559. The van der Waals surface area contributed by atoms with Crippen LogP contribution in [0, 0.1) is 10.1 Å². The number of para-hydroxylation sites is 1. The van der Waals surface area contributed by atoms with Gasteiger partial charge in [-0.1, -0.05) is 17.3 Å². The van der Waals surface area contributed by atoms with E-state index in [-0.39, 0.29) is 17.5 Å². The standard InChI is InChI=1S/C9H10N4O2/c1-7(6-12(14)15)13-9-5-3-2-4-8(9)10-11-13/h2-5,7H,6H2,1H3. The van der Waals surface area contributed by atoms with Crippen LogP contribution in [0.2, 0.25) is 0 Å². The molecule has 6 heteroatoms. The molecule has 1 aromatic heterocycles. The lowest BCUT2D eigenvalue weighted by Crippen LogP contribution is -2.17. The molecule has 0 aliphatic carbocycles. The minimum Gasteiger partial charge on any atom is -0.264 e. The maximum absolute atomic E-state index is 10.4. The van der Waals surface area contributed by atoms with Crippen LogP contribution in [0.4, 0.5) is 0 Å². The normalized spacial score (nSPS) is 12.9. The van der Waals surface area contributed by atoms with Crippen molar-refractivity contribution in [3.8, 4) is 0 Å². The van der Waals surface area contributed by atoms with E-state index >= 15 is 0 Å². The highest BCUT2D eigenvalue weighted by Gasteiger charge is 2.15. The summed E-state index contributed by atoms with van der Waals surface area (Å²) in [6.45, 7) is 1.61. The van der Waals surface area contributed by atoms with Crippen LogP contribution in [0.5, 0.6) is 0 Å². The topological polar surface area (TPSA) is 73.8 Å². The Hall–Kier alpha value is -1.98.